The van der Waals surface area contributed by atoms with Crippen LogP contribution in [0.1, 0.15) is 26.2 Å². The van der Waals surface area contributed by atoms with E-state index >= 15 is 0 Å². The van der Waals surface area contributed by atoms with Crippen molar-refractivity contribution in [3.8, 4) is 0 Å². The average Bonchev–Trinajstić information content (AvgIpc) is 2.28. The van der Waals surface area contributed by atoms with E-state index < -0.39 is 0 Å². The molecule has 0 aliphatic rings. The van der Waals surface area contributed by atoms with Crippen LogP contribution < -0.4 is 11.1 Å². The van der Waals surface area contributed by atoms with Crippen molar-refractivity contribution in [1.29, 1.82) is 0 Å². The summed E-state index contributed by atoms with van der Waals surface area (Å²) in [5, 5.41) is 12.9. The molecule has 0 fully saturated rings. The molecule has 1 aromatic carbocycles. The Labute approximate surface area is 108 Å². The van der Waals surface area contributed by atoms with E-state index in [2.05, 4.69) is 12.2 Å². The summed E-state index contributed by atoms with van der Waals surface area (Å²) in [7, 11) is 0. The third kappa shape index (κ3) is 4.84. The van der Waals surface area contributed by atoms with Gasteiger partial charge in [-0.3, -0.25) is 0 Å². The predicted molar refractivity (Wildman–Crippen MR) is 74.5 cm³/mol. The fourth-order valence-electron chi connectivity index (χ4n) is 1.89. The van der Waals surface area contributed by atoms with Crippen LogP contribution in [0, 0.1) is 5.92 Å². The van der Waals surface area contributed by atoms with E-state index in [0.717, 1.165) is 31.5 Å². The lowest BCUT2D eigenvalue weighted by molar-refractivity contribution is 0.255. The summed E-state index contributed by atoms with van der Waals surface area (Å²) in [5.74, 6) is 0.486. The first-order chi connectivity index (χ1) is 8.17. The monoisotopic (exact) mass is 256 g/mol. The third-order valence-corrected chi connectivity index (χ3v) is 3.06. The maximum atomic E-state index is 8.98. The molecule has 0 spiro atoms. The zero-order valence-electron chi connectivity index (χ0n) is 10.2. The predicted octanol–water partition coefficient (Wildman–Crippen LogP) is 3.13. The summed E-state index contributed by atoms with van der Waals surface area (Å²) in [6, 6.07) is 5.45. The van der Waals surface area contributed by atoms with Crippen LogP contribution in [-0.4, -0.2) is 18.3 Å². The highest BCUT2D eigenvalue weighted by molar-refractivity contribution is 6.31. The maximum Gasteiger partial charge on any atom is 0.0575 e. The van der Waals surface area contributed by atoms with E-state index in [-0.39, 0.29) is 6.61 Å². The summed E-state index contributed by atoms with van der Waals surface area (Å²) in [5.41, 5.74) is 7.43. The van der Waals surface area contributed by atoms with Gasteiger partial charge >= 0.3 is 0 Å². The highest BCUT2D eigenvalue weighted by Gasteiger charge is 2.08. The Morgan fingerprint density at radius 3 is 2.76 bits per heavy atom. The van der Waals surface area contributed by atoms with Gasteiger partial charge in [-0.25, -0.2) is 0 Å². The molecular formula is C13H21ClN2O. The van der Waals surface area contributed by atoms with Crippen molar-refractivity contribution in [3.05, 3.63) is 23.2 Å². The first-order valence-electron chi connectivity index (χ1n) is 6.07. The number of aliphatic hydroxyl groups is 1. The molecule has 0 heterocycles. The van der Waals surface area contributed by atoms with Gasteiger partial charge in [0, 0.05) is 18.2 Å². The number of rotatable bonds is 7. The molecule has 4 N–H and O–H groups in total. The van der Waals surface area contributed by atoms with E-state index in [4.69, 9.17) is 22.4 Å². The van der Waals surface area contributed by atoms with Crippen molar-refractivity contribution in [3.63, 3.8) is 0 Å². The normalized spacial score (nSPS) is 12.4. The molecule has 4 heteroatoms. The second-order valence-electron chi connectivity index (χ2n) is 4.28. The molecule has 0 bridgehead atoms. The Kier molecular flexibility index (Phi) is 6.16. The minimum atomic E-state index is 0.239. The Morgan fingerprint density at radius 1 is 1.41 bits per heavy atom. The van der Waals surface area contributed by atoms with E-state index in [1.165, 1.54) is 0 Å². The number of hydrogen-bond acceptors (Lipinski definition) is 3. The van der Waals surface area contributed by atoms with Crippen molar-refractivity contribution < 1.29 is 5.11 Å². The number of anilines is 2. The smallest absolute Gasteiger partial charge is 0.0575 e. The summed E-state index contributed by atoms with van der Waals surface area (Å²) in [6.07, 6.45) is 3.07. The van der Waals surface area contributed by atoms with Gasteiger partial charge in [0.05, 0.1) is 11.4 Å². The molecule has 1 unspecified atom stereocenters. The van der Waals surface area contributed by atoms with Crippen LogP contribution in [0.15, 0.2) is 18.2 Å². The van der Waals surface area contributed by atoms with Crippen LogP contribution in [0.4, 0.5) is 11.4 Å². The van der Waals surface area contributed by atoms with Crippen molar-refractivity contribution in [2.75, 3.05) is 24.2 Å². The standard InChI is InChI=1S/C13H21ClN2O/c1-2-3-10(6-7-17)9-16-13-5-4-11(14)8-12(13)15/h4-5,8,10,16-17H,2-3,6-7,9,15H2,1H3. The zero-order valence-corrected chi connectivity index (χ0v) is 11.0. The Balaban J connectivity index is 2.52. The SMILES string of the molecule is CCCC(CCO)CNc1ccc(Cl)cc1N. The molecule has 0 radical (unpaired) electrons. The highest BCUT2D eigenvalue weighted by atomic mass is 35.5. The van der Waals surface area contributed by atoms with Crippen LogP contribution >= 0.6 is 11.6 Å². The van der Waals surface area contributed by atoms with Crippen LogP contribution in [0.25, 0.3) is 0 Å². The second kappa shape index (κ2) is 7.41. The molecule has 0 aliphatic heterocycles. The van der Waals surface area contributed by atoms with Gasteiger partial charge in [0.25, 0.3) is 0 Å². The van der Waals surface area contributed by atoms with E-state index in [0.29, 0.717) is 16.6 Å². The van der Waals surface area contributed by atoms with Gasteiger partial charge in [0.1, 0.15) is 0 Å². The molecule has 1 aromatic rings. The van der Waals surface area contributed by atoms with Gasteiger partial charge in [0.15, 0.2) is 0 Å². The van der Waals surface area contributed by atoms with Gasteiger partial charge in [-0.05, 0) is 37.0 Å². The van der Waals surface area contributed by atoms with Gasteiger partial charge in [-0.15, -0.1) is 0 Å². The quantitative estimate of drug-likeness (QED) is 0.657. The van der Waals surface area contributed by atoms with Crippen molar-refractivity contribution in [2.24, 2.45) is 5.92 Å². The summed E-state index contributed by atoms with van der Waals surface area (Å²) < 4.78 is 0. The summed E-state index contributed by atoms with van der Waals surface area (Å²) >= 11 is 5.84. The molecule has 3 nitrogen and oxygen atoms in total. The lowest BCUT2D eigenvalue weighted by atomic mass is 10.00. The molecular weight excluding hydrogens is 236 g/mol. The van der Waals surface area contributed by atoms with Crippen molar-refractivity contribution in [2.45, 2.75) is 26.2 Å². The third-order valence-electron chi connectivity index (χ3n) is 2.83. The Bertz CT molecular complexity index is 338. The number of aliphatic hydroxyl groups excluding tert-OH is 1. The van der Waals surface area contributed by atoms with Crippen LogP contribution in [0.3, 0.4) is 0 Å². The van der Waals surface area contributed by atoms with Crippen LogP contribution in [0.2, 0.25) is 5.02 Å². The number of nitrogen functional groups attached to an aromatic ring is 1. The van der Waals surface area contributed by atoms with Crippen molar-refractivity contribution >= 4 is 23.0 Å². The molecule has 1 rings (SSSR count). The lowest BCUT2D eigenvalue weighted by Gasteiger charge is -2.17. The fraction of sp³-hybridized carbons (Fsp3) is 0.538. The highest BCUT2D eigenvalue weighted by Crippen LogP contribution is 2.23. The van der Waals surface area contributed by atoms with Gasteiger partial charge in [0.2, 0.25) is 0 Å². The largest absolute Gasteiger partial charge is 0.397 e. The fourth-order valence-corrected chi connectivity index (χ4v) is 2.07. The second-order valence-corrected chi connectivity index (χ2v) is 4.72. The van der Waals surface area contributed by atoms with Gasteiger partial charge in [-0.1, -0.05) is 24.9 Å². The Hall–Kier alpha value is -0.930. The van der Waals surface area contributed by atoms with Crippen LogP contribution in [0.5, 0.6) is 0 Å². The number of benzene rings is 1. The molecule has 0 saturated carbocycles. The molecule has 1 atom stereocenters. The lowest BCUT2D eigenvalue weighted by Crippen LogP contribution is -2.16. The van der Waals surface area contributed by atoms with Crippen molar-refractivity contribution in [1.82, 2.24) is 0 Å². The molecule has 0 saturated heterocycles. The average molecular weight is 257 g/mol. The minimum absolute atomic E-state index is 0.239. The Morgan fingerprint density at radius 2 is 2.18 bits per heavy atom. The minimum Gasteiger partial charge on any atom is -0.397 e. The number of nitrogens with two attached hydrogens (primary N) is 1. The van der Waals surface area contributed by atoms with E-state index in [1.54, 1.807) is 6.07 Å². The molecule has 17 heavy (non-hydrogen) atoms. The molecule has 0 aliphatic carbocycles. The molecule has 0 amide bonds. The van der Waals surface area contributed by atoms with E-state index in [1.807, 2.05) is 12.1 Å². The van der Waals surface area contributed by atoms with E-state index in [9.17, 15) is 0 Å². The number of nitrogens with one attached hydrogen (secondary N) is 1. The van der Waals surface area contributed by atoms with Crippen LogP contribution in [-0.2, 0) is 0 Å². The molecule has 0 aromatic heterocycles. The first-order valence-corrected chi connectivity index (χ1v) is 6.45. The van der Waals surface area contributed by atoms with Gasteiger partial charge < -0.3 is 16.2 Å². The first kappa shape index (κ1) is 14.1. The zero-order chi connectivity index (χ0) is 12.7. The topological polar surface area (TPSA) is 58.3 Å². The molecule has 96 valence electrons. The number of halogens is 1. The maximum absolute atomic E-state index is 8.98. The van der Waals surface area contributed by atoms with Gasteiger partial charge in [-0.2, -0.15) is 0 Å². The summed E-state index contributed by atoms with van der Waals surface area (Å²) in [6.45, 7) is 3.23. The number of hydrogen-bond donors (Lipinski definition) is 3. The summed E-state index contributed by atoms with van der Waals surface area (Å²) in [4.78, 5) is 0.